The van der Waals surface area contributed by atoms with Gasteiger partial charge >= 0.3 is 0 Å². The number of nitrogens with one attached hydrogen (secondary N) is 1. The summed E-state index contributed by atoms with van der Waals surface area (Å²) in [6, 6.07) is 31.3. The Hall–Kier alpha value is -4.14. The Morgan fingerprint density at radius 3 is 2.16 bits per heavy atom. The van der Waals surface area contributed by atoms with E-state index in [1.807, 2.05) is 30.3 Å². The fourth-order valence-corrected chi connectivity index (χ4v) is 5.16. The fourth-order valence-electron chi connectivity index (χ4n) is 3.41. The molecule has 0 aliphatic rings. The molecule has 0 heterocycles. The van der Waals surface area contributed by atoms with E-state index in [-0.39, 0.29) is 15.6 Å². The summed E-state index contributed by atoms with van der Waals surface area (Å²) < 4.78 is 33.4. The average Bonchev–Trinajstić information content (AvgIpc) is 2.93. The third kappa shape index (κ3) is 6.97. The molecule has 0 fully saturated rings. The molecule has 4 aromatic carbocycles. The van der Waals surface area contributed by atoms with Crippen molar-refractivity contribution in [1.82, 2.24) is 5.43 Å². The summed E-state index contributed by atoms with van der Waals surface area (Å²) in [4.78, 5) is 12.7. The summed E-state index contributed by atoms with van der Waals surface area (Å²) in [5.74, 6) is 0.0741. The van der Waals surface area contributed by atoms with Crippen LogP contribution in [0.3, 0.4) is 0 Å². The highest BCUT2D eigenvalue weighted by Gasteiger charge is 2.28. The maximum absolute atomic E-state index is 13.3. The Kier molecular flexibility index (Phi) is 8.56. The monoisotopic (exact) mass is 533 g/mol. The molecule has 0 radical (unpaired) electrons. The van der Waals surface area contributed by atoms with Crippen LogP contribution < -0.4 is 14.5 Å². The summed E-state index contributed by atoms with van der Waals surface area (Å²) in [6.07, 6.45) is 1.46. The minimum atomic E-state index is -4.06. The van der Waals surface area contributed by atoms with Gasteiger partial charge in [0.2, 0.25) is 0 Å². The summed E-state index contributed by atoms with van der Waals surface area (Å²) in [5, 5.41) is 4.17. The van der Waals surface area contributed by atoms with Crippen molar-refractivity contribution in [3.05, 3.63) is 125 Å². The fraction of sp³-hybridized carbons (Fsp3) is 0.0714. The molecule has 37 heavy (non-hydrogen) atoms. The van der Waals surface area contributed by atoms with Gasteiger partial charge in [0.15, 0.2) is 0 Å². The van der Waals surface area contributed by atoms with Crippen LogP contribution >= 0.6 is 11.6 Å². The van der Waals surface area contributed by atoms with Crippen molar-refractivity contribution in [2.45, 2.75) is 11.5 Å². The first-order chi connectivity index (χ1) is 17.9. The standard InChI is InChI=1S/C28H24ClN3O4S/c29-26-13-7-8-14-27(26)32(37(34,35)25-11-5-2-6-12-25)20-28(33)31-30-19-22-15-17-24(18-16-22)36-21-23-9-3-1-4-10-23/h1-19H,20-21H2,(H,31,33)/b30-19-. The van der Waals surface area contributed by atoms with E-state index in [1.54, 1.807) is 66.7 Å². The number of benzene rings is 4. The van der Waals surface area contributed by atoms with Crippen molar-refractivity contribution in [3.63, 3.8) is 0 Å². The van der Waals surface area contributed by atoms with E-state index in [9.17, 15) is 13.2 Å². The van der Waals surface area contributed by atoms with E-state index in [0.29, 0.717) is 12.4 Å². The predicted octanol–water partition coefficient (Wildman–Crippen LogP) is 5.26. The van der Waals surface area contributed by atoms with Crippen molar-refractivity contribution >= 4 is 39.4 Å². The van der Waals surface area contributed by atoms with E-state index < -0.39 is 22.5 Å². The van der Waals surface area contributed by atoms with Crippen LogP contribution in [0.15, 0.2) is 119 Å². The smallest absolute Gasteiger partial charge is 0.264 e. The number of halogens is 1. The third-order valence-corrected chi connectivity index (χ3v) is 7.36. The molecule has 0 aromatic heterocycles. The van der Waals surface area contributed by atoms with Crippen LogP contribution in [0.25, 0.3) is 0 Å². The first-order valence-corrected chi connectivity index (χ1v) is 13.2. The first-order valence-electron chi connectivity index (χ1n) is 11.3. The number of ether oxygens (including phenoxy) is 1. The highest BCUT2D eigenvalue weighted by molar-refractivity contribution is 7.92. The van der Waals surface area contributed by atoms with Crippen LogP contribution in [-0.4, -0.2) is 27.1 Å². The number of para-hydroxylation sites is 1. The quantitative estimate of drug-likeness (QED) is 0.222. The number of carbonyl (C=O) groups is 1. The van der Waals surface area contributed by atoms with Crippen molar-refractivity contribution in [2.75, 3.05) is 10.8 Å². The maximum atomic E-state index is 13.3. The van der Waals surface area contributed by atoms with Crippen molar-refractivity contribution in [3.8, 4) is 5.75 Å². The number of rotatable bonds is 10. The molecule has 0 spiro atoms. The van der Waals surface area contributed by atoms with Gasteiger partial charge in [0.25, 0.3) is 15.9 Å². The molecule has 0 saturated heterocycles. The van der Waals surface area contributed by atoms with Crippen LogP contribution in [0.2, 0.25) is 5.02 Å². The second kappa shape index (κ2) is 12.2. The molecule has 0 aliphatic heterocycles. The highest BCUT2D eigenvalue weighted by Crippen LogP contribution is 2.30. The van der Waals surface area contributed by atoms with E-state index in [0.717, 1.165) is 15.4 Å². The largest absolute Gasteiger partial charge is 0.489 e. The zero-order valence-corrected chi connectivity index (χ0v) is 21.3. The van der Waals surface area contributed by atoms with Crippen LogP contribution in [-0.2, 0) is 21.4 Å². The Labute approximate surface area is 221 Å². The zero-order valence-electron chi connectivity index (χ0n) is 19.7. The molecule has 188 valence electrons. The Balaban J connectivity index is 1.41. The van der Waals surface area contributed by atoms with Crippen LogP contribution in [0.5, 0.6) is 5.75 Å². The number of anilines is 1. The Morgan fingerprint density at radius 1 is 0.865 bits per heavy atom. The van der Waals surface area contributed by atoms with E-state index in [4.69, 9.17) is 16.3 Å². The van der Waals surface area contributed by atoms with Gasteiger partial charge in [0.05, 0.1) is 21.8 Å². The molecular weight excluding hydrogens is 510 g/mol. The van der Waals surface area contributed by atoms with E-state index >= 15 is 0 Å². The van der Waals surface area contributed by atoms with Crippen LogP contribution in [0.4, 0.5) is 5.69 Å². The molecule has 7 nitrogen and oxygen atoms in total. The lowest BCUT2D eigenvalue weighted by molar-refractivity contribution is -0.119. The van der Waals surface area contributed by atoms with Gasteiger partial charge in [-0.3, -0.25) is 9.10 Å². The van der Waals surface area contributed by atoms with Crippen molar-refractivity contribution < 1.29 is 17.9 Å². The predicted molar refractivity (Wildman–Crippen MR) is 145 cm³/mol. The minimum Gasteiger partial charge on any atom is -0.489 e. The molecule has 0 saturated carbocycles. The number of amides is 1. The summed E-state index contributed by atoms with van der Waals surface area (Å²) in [5.41, 5.74) is 4.37. The van der Waals surface area contributed by atoms with Gasteiger partial charge in [-0.25, -0.2) is 13.8 Å². The number of hydrogen-bond donors (Lipinski definition) is 1. The van der Waals surface area contributed by atoms with Gasteiger partial charge in [-0.15, -0.1) is 0 Å². The van der Waals surface area contributed by atoms with Crippen LogP contribution in [0.1, 0.15) is 11.1 Å². The second-order valence-electron chi connectivity index (χ2n) is 7.91. The van der Waals surface area contributed by atoms with E-state index in [2.05, 4.69) is 10.5 Å². The summed E-state index contributed by atoms with van der Waals surface area (Å²) >= 11 is 6.27. The summed E-state index contributed by atoms with van der Waals surface area (Å²) in [6.45, 7) is -0.0529. The molecule has 1 amide bonds. The molecule has 0 bridgehead atoms. The molecule has 0 atom stereocenters. The van der Waals surface area contributed by atoms with Gasteiger partial charge in [0, 0.05) is 0 Å². The summed E-state index contributed by atoms with van der Waals surface area (Å²) in [7, 11) is -4.06. The molecule has 9 heteroatoms. The lowest BCUT2D eigenvalue weighted by Crippen LogP contribution is -2.39. The molecule has 4 rings (SSSR count). The lowest BCUT2D eigenvalue weighted by atomic mass is 10.2. The topological polar surface area (TPSA) is 88.1 Å². The first kappa shape index (κ1) is 25.9. The molecule has 0 unspecified atom stereocenters. The van der Waals surface area contributed by atoms with Gasteiger partial charge in [-0.2, -0.15) is 5.10 Å². The molecule has 1 N–H and O–H groups in total. The lowest BCUT2D eigenvalue weighted by Gasteiger charge is -2.24. The molecular formula is C28H24ClN3O4S. The minimum absolute atomic E-state index is 0.0424. The number of nitrogens with zero attached hydrogens (tertiary/aromatic N) is 2. The van der Waals surface area contributed by atoms with Gasteiger partial charge < -0.3 is 4.74 Å². The van der Waals surface area contributed by atoms with Gasteiger partial charge in [-0.05, 0) is 59.7 Å². The van der Waals surface area contributed by atoms with Gasteiger partial charge in [-0.1, -0.05) is 72.3 Å². The molecule has 4 aromatic rings. The molecule has 0 aliphatic carbocycles. The van der Waals surface area contributed by atoms with E-state index in [1.165, 1.54) is 18.3 Å². The second-order valence-corrected chi connectivity index (χ2v) is 10.2. The SMILES string of the molecule is O=C(CN(c1ccccc1Cl)S(=O)(=O)c1ccccc1)N/N=C\c1ccc(OCc2ccccc2)cc1. The zero-order chi connectivity index (χ0) is 26.1. The highest BCUT2D eigenvalue weighted by atomic mass is 35.5. The number of carbonyl (C=O) groups excluding carboxylic acids is 1. The maximum Gasteiger partial charge on any atom is 0.264 e. The van der Waals surface area contributed by atoms with Crippen molar-refractivity contribution in [1.29, 1.82) is 0 Å². The number of sulfonamides is 1. The van der Waals surface area contributed by atoms with Crippen LogP contribution in [0, 0.1) is 0 Å². The Morgan fingerprint density at radius 2 is 1.49 bits per heavy atom. The normalized spacial score (nSPS) is 11.3. The number of hydrazone groups is 1. The van der Waals surface area contributed by atoms with Gasteiger partial charge in [0.1, 0.15) is 18.9 Å². The third-order valence-electron chi connectivity index (χ3n) is 5.27. The van der Waals surface area contributed by atoms with Crippen molar-refractivity contribution in [2.24, 2.45) is 5.10 Å². The number of hydrogen-bond acceptors (Lipinski definition) is 5. The Bertz CT molecular complexity index is 1460. The average molecular weight is 534 g/mol.